The number of nitrogens with zero attached hydrogens (tertiary/aromatic N) is 2. The molecule has 1 saturated heterocycles. The lowest BCUT2D eigenvalue weighted by Gasteiger charge is -2.23. The van der Waals surface area contributed by atoms with Crippen LogP contribution >= 0.6 is 11.3 Å². The van der Waals surface area contributed by atoms with E-state index in [1.54, 1.807) is 28.7 Å². The first-order valence-electron chi connectivity index (χ1n) is 8.46. The number of thiazole rings is 1. The number of hydrogen-bond donors (Lipinski definition) is 0. The first kappa shape index (κ1) is 18.1. The Morgan fingerprint density at radius 3 is 2.68 bits per heavy atom. The minimum atomic E-state index is -3.61. The molecule has 1 aliphatic rings. The molecule has 2 aromatic heterocycles. The van der Waals surface area contributed by atoms with Crippen LogP contribution < -0.4 is 0 Å². The Hall–Kier alpha value is -1.67. The van der Waals surface area contributed by atoms with Crippen LogP contribution in [0.15, 0.2) is 28.2 Å². The molecular weight excluding hydrogens is 360 g/mol. The minimum Gasteiger partial charge on any atom is -0.462 e. The highest BCUT2D eigenvalue weighted by molar-refractivity contribution is 7.92. The molecule has 1 unspecified atom stereocenters. The van der Waals surface area contributed by atoms with E-state index in [1.165, 1.54) is 18.3 Å². The Bertz CT molecular complexity index is 804. The summed E-state index contributed by atoms with van der Waals surface area (Å²) in [5.74, 6) is 0.0936. The molecule has 0 N–H and O–H groups in total. The van der Waals surface area contributed by atoms with Crippen LogP contribution in [0.2, 0.25) is 0 Å². The third kappa shape index (κ3) is 4.30. The van der Waals surface area contributed by atoms with Gasteiger partial charge in [-0.1, -0.05) is 12.8 Å². The van der Waals surface area contributed by atoms with Crippen LogP contribution in [0.4, 0.5) is 0 Å². The van der Waals surface area contributed by atoms with Crippen molar-refractivity contribution in [3.05, 3.63) is 29.5 Å². The van der Waals surface area contributed by atoms with Crippen molar-refractivity contribution in [1.82, 2.24) is 9.88 Å². The number of furan rings is 1. The first-order valence-corrected chi connectivity index (χ1v) is 11.1. The van der Waals surface area contributed by atoms with E-state index in [4.69, 9.17) is 4.42 Å². The van der Waals surface area contributed by atoms with Gasteiger partial charge in [0.05, 0.1) is 17.7 Å². The number of rotatable bonds is 5. The van der Waals surface area contributed by atoms with Crippen molar-refractivity contribution in [2.24, 2.45) is 0 Å². The highest BCUT2D eigenvalue weighted by Crippen LogP contribution is 2.25. The van der Waals surface area contributed by atoms with Gasteiger partial charge in [-0.25, -0.2) is 13.4 Å². The minimum absolute atomic E-state index is 0.231. The van der Waals surface area contributed by atoms with Gasteiger partial charge in [-0.3, -0.25) is 4.79 Å². The maximum absolute atomic E-state index is 12.7. The van der Waals surface area contributed by atoms with Crippen molar-refractivity contribution < 1.29 is 17.6 Å². The molecule has 25 heavy (non-hydrogen) atoms. The fraction of sp³-hybridized carbons (Fsp3) is 0.529. The number of aromatic nitrogens is 1. The Morgan fingerprint density at radius 2 is 2.04 bits per heavy atom. The van der Waals surface area contributed by atoms with Crippen molar-refractivity contribution in [2.75, 3.05) is 13.1 Å². The molecule has 6 nitrogen and oxygen atoms in total. The molecule has 1 amide bonds. The highest BCUT2D eigenvalue weighted by atomic mass is 32.2. The predicted octanol–water partition coefficient (Wildman–Crippen LogP) is 3.11. The largest absolute Gasteiger partial charge is 0.462 e. The fourth-order valence-corrected chi connectivity index (χ4v) is 5.08. The number of carbonyl (C=O) groups is 1. The van der Waals surface area contributed by atoms with E-state index in [0.29, 0.717) is 29.6 Å². The zero-order valence-corrected chi connectivity index (χ0v) is 15.8. The Labute approximate surface area is 151 Å². The van der Waals surface area contributed by atoms with E-state index in [-0.39, 0.29) is 11.7 Å². The molecule has 0 saturated carbocycles. The summed E-state index contributed by atoms with van der Waals surface area (Å²) >= 11 is 1.33. The van der Waals surface area contributed by atoms with Gasteiger partial charge in [-0.05, 0) is 31.9 Å². The molecule has 0 spiro atoms. The zero-order chi connectivity index (χ0) is 17.9. The summed E-state index contributed by atoms with van der Waals surface area (Å²) in [6.45, 7) is 2.79. The second kappa shape index (κ2) is 7.70. The topological polar surface area (TPSA) is 80.5 Å². The lowest BCUT2D eigenvalue weighted by Crippen LogP contribution is -2.42. The van der Waals surface area contributed by atoms with Gasteiger partial charge in [0, 0.05) is 18.5 Å². The van der Waals surface area contributed by atoms with E-state index in [9.17, 15) is 13.2 Å². The second-order valence-corrected chi connectivity index (χ2v) is 9.49. The van der Waals surface area contributed by atoms with Gasteiger partial charge >= 0.3 is 0 Å². The monoisotopic (exact) mass is 382 g/mol. The molecule has 2 aromatic rings. The summed E-state index contributed by atoms with van der Waals surface area (Å²) in [7, 11) is -3.61. The molecule has 136 valence electrons. The Morgan fingerprint density at radius 1 is 1.32 bits per heavy atom. The quantitative estimate of drug-likeness (QED) is 0.794. The number of amides is 1. The second-order valence-electron chi connectivity index (χ2n) is 6.31. The van der Waals surface area contributed by atoms with Crippen LogP contribution in [0.5, 0.6) is 0 Å². The molecule has 3 rings (SSSR count). The fourth-order valence-electron chi connectivity index (χ4n) is 2.92. The van der Waals surface area contributed by atoms with Crippen molar-refractivity contribution in [3.8, 4) is 10.8 Å². The molecule has 3 heterocycles. The molecule has 1 aliphatic heterocycles. The van der Waals surface area contributed by atoms with Crippen LogP contribution in [0, 0.1) is 0 Å². The molecule has 0 radical (unpaired) electrons. The maximum atomic E-state index is 12.7. The number of carbonyl (C=O) groups excluding carboxylic acids is 1. The van der Waals surface area contributed by atoms with Crippen molar-refractivity contribution >= 4 is 27.1 Å². The van der Waals surface area contributed by atoms with Gasteiger partial charge in [0.2, 0.25) is 5.91 Å². The van der Waals surface area contributed by atoms with Crippen molar-refractivity contribution in [3.63, 3.8) is 0 Å². The lowest BCUT2D eigenvalue weighted by atomic mass is 10.2. The standard InChI is InChI=1S/C17H22N2O4S2/c1-13(17(20)19-8-4-2-3-5-9-19)25(21,22)12-14-11-24-16(18-14)15-7-6-10-23-15/h6-7,10-11,13H,2-5,8-9,12H2,1H3. The Kier molecular flexibility index (Phi) is 5.58. The van der Waals surface area contributed by atoms with E-state index >= 15 is 0 Å². The van der Waals surface area contributed by atoms with E-state index in [0.717, 1.165) is 25.7 Å². The molecular formula is C17H22N2O4S2. The average molecular weight is 383 g/mol. The van der Waals surface area contributed by atoms with E-state index in [1.807, 2.05) is 0 Å². The molecule has 0 aromatic carbocycles. The van der Waals surface area contributed by atoms with Gasteiger partial charge in [0.15, 0.2) is 20.6 Å². The predicted molar refractivity (Wildman–Crippen MR) is 96.9 cm³/mol. The average Bonchev–Trinajstić information content (AvgIpc) is 3.19. The number of likely N-dealkylation sites (tertiary alicyclic amines) is 1. The smallest absolute Gasteiger partial charge is 0.240 e. The van der Waals surface area contributed by atoms with Gasteiger partial charge in [-0.2, -0.15) is 0 Å². The van der Waals surface area contributed by atoms with Gasteiger partial charge in [-0.15, -0.1) is 11.3 Å². The van der Waals surface area contributed by atoms with Crippen LogP contribution in [0.1, 0.15) is 38.3 Å². The third-order valence-electron chi connectivity index (χ3n) is 4.44. The van der Waals surface area contributed by atoms with Crippen LogP contribution in [0.25, 0.3) is 10.8 Å². The molecule has 0 aliphatic carbocycles. The van der Waals surface area contributed by atoms with Crippen molar-refractivity contribution in [2.45, 2.75) is 43.6 Å². The summed E-state index contributed by atoms with van der Waals surface area (Å²) in [6.07, 6.45) is 5.63. The summed E-state index contributed by atoms with van der Waals surface area (Å²) in [5.41, 5.74) is 0.451. The van der Waals surface area contributed by atoms with Crippen molar-refractivity contribution in [1.29, 1.82) is 0 Å². The normalized spacial score (nSPS) is 17.2. The maximum Gasteiger partial charge on any atom is 0.240 e. The van der Waals surface area contributed by atoms with Crippen LogP contribution in [0.3, 0.4) is 0 Å². The summed E-state index contributed by atoms with van der Waals surface area (Å²) in [5, 5.41) is 1.31. The number of sulfone groups is 1. The zero-order valence-electron chi connectivity index (χ0n) is 14.2. The molecule has 1 atom stereocenters. The summed E-state index contributed by atoms with van der Waals surface area (Å²) < 4.78 is 30.6. The Balaban J connectivity index is 1.69. The van der Waals surface area contributed by atoms with Gasteiger partial charge in [0.25, 0.3) is 0 Å². The highest BCUT2D eigenvalue weighted by Gasteiger charge is 2.32. The van der Waals surface area contributed by atoms with E-state index < -0.39 is 15.1 Å². The van der Waals surface area contributed by atoms with E-state index in [2.05, 4.69) is 4.98 Å². The SMILES string of the molecule is CC(C(=O)N1CCCCCC1)S(=O)(=O)Cc1csc(-c2ccco2)n1. The number of hydrogen-bond acceptors (Lipinski definition) is 6. The molecule has 0 bridgehead atoms. The van der Waals surface area contributed by atoms with Crippen LogP contribution in [-0.4, -0.2) is 42.5 Å². The van der Waals surface area contributed by atoms with Gasteiger partial charge in [0.1, 0.15) is 5.25 Å². The first-order chi connectivity index (χ1) is 12.0. The molecule has 1 fully saturated rings. The van der Waals surface area contributed by atoms with Gasteiger partial charge < -0.3 is 9.32 Å². The summed E-state index contributed by atoms with van der Waals surface area (Å²) in [6, 6.07) is 3.54. The lowest BCUT2D eigenvalue weighted by molar-refractivity contribution is -0.130. The third-order valence-corrected chi connectivity index (χ3v) is 7.32. The molecule has 8 heteroatoms. The summed E-state index contributed by atoms with van der Waals surface area (Å²) in [4.78, 5) is 18.6. The van der Waals surface area contributed by atoms with Crippen LogP contribution in [-0.2, 0) is 20.4 Å².